The lowest BCUT2D eigenvalue weighted by Crippen LogP contribution is -2.37. The van der Waals surface area contributed by atoms with Gasteiger partial charge in [-0.1, -0.05) is 23.8 Å². The van der Waals surface area contributed by atoms with Gasteiger partial charge < -0.3 is 14.4 Å². The van der Waals surface area contributed by atoms with Gasteiger partial charge in [-0.05, 0) is 30.5 Å². The Morgan fingerprint density at radius 3 is 2.14 bits per heavy atom. The van der Waals surface area contributed by atoms with E-state index >= 15 is 0 Å². The van der Waals surface area contributed by atoms with E-state index in [4.69, 9.17) is 9.47 Å². The number of imide groups is 1. The van der Waals surface area contributed by atoms with Crippen LogP contribution in [0.5, 0.6) is 0 Å². The number of benzene rings is 1. The lowest BCUT2D eigenvalue weighted by molar-refractivity contribution is -0.120. The van der Waals surface area contributed by atoms with E-state index in [2.05, 4.69) is 0 Å². The van der Waals surface area contributed by atoms with Crippen LogP contribution in [0.25, 0.3) is 5.57 Å². The summed E-state index contributed by atoms with van der Waals surface area (Å²) in [5.74, 6) is -0.615. The Bertz CT molecular complexity index is 851. The van der Waals surface area contributed by atoms with Crippen molar-refractivity contribution in [3.05, 3.63) is 57.9 Å². The highest BCUT2D eigenvalue weighted by atomic mass is 32.1. The first-order chi connectivity index (χ1) is 13.6. The van der Waals surface area contributed by atoms with Gasteiger partial charge in [0.2, 0.25) is 0 Å². The van der Waals surface area contributed by atoms with Crippen molar-refractivity contribution < 1.29 is 19.1 Å². The van der Waals surface area contributed by atoms with Crippen molar-refractivity contribution >= 4 is 34.4 Å². The Hall–Kier alpha value is -2.48. The van der Waals surface area contributed by atoms with Crippen LogP contribution in [0, 0.1) is 6.92 Å². The first-order valence-corrected chi connectivity index (χ1v) is 9.93. The first kappa shape index (κ1) is 20.3. The van der Waals surface area contributed by atoms with Gasteiger partial charge in [0.05, 0.1) is 24.5 Å². The van der Waals surface area contributed by atoms with Crippen molar-refractivity contribution in [3.8, 4) is 0 Å². The zero-order valence-corrected chi connectivity index (χ0v) is 17.1. The molecule has 0 atom stereocenters. The molecular weight excluding hydrogens is 376 g/mol. The zero-order valence-electron chi connectivity index (χ0n) is 16.3. The monoisotopic (exact) mass is 400 g/mol. The van der Waals surface area contributed by atoms with Crippen LogP contribution in [-0.2, 0) is 19.1 Å². The molecule has 148 valence electrons. The minimum Gasteiger partial charge on any atom is -0.383 e. The molecule has 0 fully saturated rings. The number of methoxy groups -OCH3 is 2. The Labute approximate surface area is 169 Å². The second kappa shape index (κ2) is 9.14. The number of thiophene rings is 1. The summed E-state index contributed by atoms with van der Waals surface area (Å²) in [4.78, 5) is 30.7. The average Bonchev–Trinajstić information content (AvgIpc) is 3.30. The van der Waals surface area contributed by atoms with Crippen LogP contribution >= 0.6 is 11.3 Å². The van der Waals surface area contributed by atoms with E-state index < -0.39 is 0 Å². The second-order valence-electron chi connectivity index (χ2n) is 6.45. The summed E-state index contributed by atoms with van der Waals surface area (Å²) in [6, 6.07) is 11.1. The molecule has 1 aromatic heterocycles. The molecule has 0 spiro atoms. The minimum absolute atomic E-state index is 0.300. The van der Waals surface area contributed by atoms with Crippen molar-refractivity contribution in [2.45, 2.75) is 6.92 Å². The molecule has 1 aliphatic rings. The highest BCUT2D eigenvalue weighted by molar-refractivity contribution is 7.11. The molecular formula is C21H24N2O4S. The first-order valence-electron chi connectivity index (χ1n) is 9.05. The van der Waals surface area contributed by atoms with Gasteiger partial charge in [0, 0.05) is 32.2 Å². The molecule has 1 aliphatic heterocycles. The minimum atomic E-state index is -0.315. The van der Waals surface area contributed by atoms with Crippen LogP contribution < -0.4 is 4.90 Å². The largest absolute Gasteiger partial charge is 0.383 e. The van der Waals surface area contributed by atoms with Crippen LogP contribution in [0.2, 0.25) is 0 Å². The molecule has 3 rings (SSSR count). The van der Waals surface area contributed by atoms with E-state index in [1.165, 1.54) is 16.2 Å². The molecule has 0 saturated carbocycles. The molecule has 2 heterocycles. The van der Waals surface area contributed by atoms with Crippen LogP contribution in [0.4, 0.5) is 5.69 Å². The van der Waals surface area contributed by atoms with Gasteiger partial charge >= 0.3 is 0 Å². The van der Waals surface area contributed by atoms with Gasteiger partial charge in [-0.2, -0.15) is 0 Å². The molecule has 0 saturated heterocycles. The highest BCUT2D eigenvalue weighted by Gasteiger charge is 2.42. The molecule has 2 aromatic rings. The summed E-state index contributed by atoms with van der Waals surface area (Å²) in [6.45, 7) is 3.83. The Balaban J connectivity index is 2.06. The fourth-order valence-corrected chi connectivity index (χ4v) is 3.88. The molecule has 0 bridgehead atoms. The predicted octanol–water partition coefficient (Wildman–Crippen LogP) is 2.94. The average molecular weight is 401 g/mol. The van der Waals surface area contributed by atoms with Gasteiger partial charge in [0.15, 0.2) is 0 Å². The van der Waals surface area contributed by atoms with Crippen LogP contribution in [0.1, 0.15) is 10.4 Å². The van der Waals surface area contributed by atoms with Crippen molar-refractivity contribution in [3.63, 3.8) is 0 Å². The van der Waals surface area contributed by atoms with Gasteiger partial charge in [-0.15, -0.1) is 11.3 Å². The van der Waals surface area contributed by atoms with Crippen molar-refractivity contribution in [2.24, 2.45) is 0 Å². The quantitative estimate of drug-likeness (QED) is 0.606. The molecule has 1 aromatic carbocycles. The molecule has 28 heavy (non-hydrogen) atoms. The van der Waals surface area contributed by atoms with Gasteiger partial charge in [-0.25, -0.2) is 4.90 Å². The number of nitrogens with zero attached hydrogens (tertiary/aromatic N) is 2. The van der Waals surface area contributed by atoms with E-state index in [1.807, 2.05) is 41.5 Å². The van der Waals surface area contributed by atoms with Crippen molar-refractivity contribution in [1.82, 2.24) is 4.90 Å². The lowest BCUT2D eigenvalue weighted by Gasteiger charge is -2.25. The maximum absolute atomic E-state index is 13.4. The van der Waals surface area contributed by atoms with Gasteiger partial charge in [-0.3, -0.25) is 9.59 Å². The third-order valence-corrected chi connectivity index (χ3v) is 5.45. The fraction of sp³-hybridized carbons (Fsp3) is 0.333. The Kier molecular flexibility index (Phi) is 6.61. The van der Waals surface area contributed by atoms with E-state index in [-0.39, 0.29) is 11.8 Å². The fourth-order valence-electron chi connectivity index (χ4n) is 3.12. The van der Waals surface area contributed by atoms with E-state index in [0.29, 0.717) is 43.3 Å². The predicted molar refractivity (Wildman–Crippen MR) is 110 cm³/mol. The maximum atomic E-state index is 13.4. The number of ether oxygens (including phenoxy) is 2. The second-order valence-corrected chi connectivity index (χ2v) is 7.40. The van der Waals surface area contributed by atoms with Gasteiger partial charge in [0.1, 0.15) is 5.70 Å². The normalized spacial score (nSPS) is 14.3. The van der Waals surface area contributed by atoms with Gasteiger partial charge in [0.25, 0.3) is 11.8 Å². The molecule has 0 N–H and O–H groups in total. The number of hydrogen-bond acceptors (Lipinski definition) is 6. The summed E-state index contributed by atoms with van der Waals surface area (Å²) in [6.07, 6.45) is 0. The lowest BCUT2D eigenvalue weighted by atomic mass is 10.1. The molecule has 2 amide bonds. The summed E-state index contributed by atoms with van der Waals surface area (Å²) in [5.41, 5.74) is 2.48. The summed E-state index contributed by atoms with van der Waals surface area (Å²) in [7, 11) is 3.23. The number of aryl methyl sites for hydroxylation is 1. The third kappa shape index (κ3) is 4.01. The van der Waals surface area contributed by atoms with E-state index in [9.17, 15) is 9.59 Å². The number of anilines is 1. The van der Waals surface area contributed by atoms with E-state index in [0.717, 1.165) is 10.4 Å². The highest BCUT2D eigenvalue weighted by Crippen LogP contribution is 2.36. The van der Waals surface area contributed by atoms with Crippen molar-refractivity contribution in [2.75, 3.05) is 45.4 Å². The van der Waals surface area contributed by atoms with Crippen LogP contribution in [-0.4, -0.2) is 57.2 Å². The SMILES string of the molecule is COCCN(CCOC)C1=C(c2cccs2)C(=O)N(c2ccc(C)cc2)C1=O. The molecule has 0 radical (unpaired) electrons. The Morgan fingerprint density at radius 1 is 0.964 bits per heavy atom. The molecule has 7 heteroatoms. The number of rotatable bonds is 9. The molecule has 6 nitrogen and oxygen atoms in total. The van der Waals surface area contributed by atoms with E-state index in [1.54, 1.807) is 26.4 Å². The zero-order chi connectivity index (χ0) is 20.1. The molecule has 0 aliphatic carbocycles. The number of amides is 2. The number of carbonyl (C=O) groups excluding carboxylic acids is 2. The maximum Gasteiger partial charge on any atom is 0.282 e. The Morgan fingerprint density at radius 2 is 1.61 bits per heavy atom. The van der Waals surface area contributed by atoms with Crippen molar-refractivity contribution in [1.29, 1.82) is 0 Å². The summed E-state index contributed by atoms with van der Waals surface area (Å²) >= 11 is 1.45. The number of hydrogen-bond donors (Lipinski definition) is 0. The van der Waals surface area contributed by atoms with Crippen LogP contribution in [0.15, 0.2) is 47.5 Å². The smallest absolute Gasteiger partial charge is 0.282 e. The number of carbonyl (C=O) groups is 2. The standard InChI is InChI=1S/C21H24N2O4S/c1-15-6-8-16(9-7-15)23-20(24)18(17-5-4-14-28-17)19(21(23)25)22(10-12-26-2)11-13-27-3/h4-9,14H,10-13H2,1-3H3. The van der Waals surface area contributed by atoms with Crippen LogP contribution in [0.3, 0.4) is 0 Å². The summed E-state index contributed by atoms with van der Waals surface area (Å²) in [5, 5.41) is 1.90. The molecule has 0 unspecified atom stereocenters. The third-order valence-electron chi connectivity index (χ3n) is 4.57. The summed E-state index contributed by atoms with van der Waals surface area (Å²) < 4.78 is 10.4. The topological polar surface area (TPSA) is 59.1 Å².